The number of carbonyl (C=O) groups is 1. The molecule has 4 aliphatic heterocycles. The van der Waals surface area contributed by atoms with Crippen LogP contribution in [0, 0.1) is 0 Å². The fraction of sp³-hybridized carbons (Fsp3) is 0.842. The van der Waals surface area contributed by atoms with Crippen LogP contribution in [0.2, 0.25) is 0 Å². The van der Waals surface area contributed by atoms with E-state index in [1.54, 1.807) is 0 Å². The van der Waals surface area contributed by atoms with Crippen molar-refractivity contribution in [3.63, 3.8) is 0 Å². The molecule has 9 heteroatoms. The monoisotopic (exact) mass is 442 g/mol. The van der Waals surface area contributed by atoms with Crippen LogP contribution in [-0.2, 0) is 0 Å². The summed E-state index contributed by atoms with van der Waals surface area (Å²) in [5.41, 5.74) is 0. The van der Waals surface area contributed by atoms with E-state index in [2.05, 4.69) is 19.8 Å². The average Bonchev–Trinajstić information content (AvgIpc) is 3.02. The van der Waals surface area contributed by atoms with Crippen molar-refractivity contribution in [3.05, 3.63) is 0 Å². The summed E-state index contributed by atoms with van der Waals surface area (Å²) in [4.78, 5) is 22.4. The Bertz CT molecular complexity index is 462. The van der Waals surface area contributed by atoms with E-state index in [9.17, 15) is 0 Å². The van der Waals surface area contributed by atoms with Gasteiger partial charge in [-0.25, -0.2) is 0 Å². The summed E-state index contributed by atoms with van der Waals surface area (Å²) in [5.74, 6) is 2.79. The Hall–Kier alpha value is 1.48. The first-order valence-electron chi connectivity index (χ1n) is 10.1. The van der Waals surface area contributed by atoms with Gasteiger partial charge in [0.1, 0.15) is 0 Å². The van der Waals surface area contributed by atoms with Crippen LogP contribution in [0.25, 0.3) is 0 Å². The number of aliphatic imine (C=N–C) groups is 2. The zero-order valence-corrected chi connectivity index (χ0v) is 24.1. The summed E-state index contributed by atoms with van der Waals surface area (Å²) in [5, 5.41) is 16.7. The van der Waals surface area contributed by atoms with Crippen LogP contribution in [0.15, 0.2) is 9.98 Å². The predicted molar refractivity (Wildman–Crippen MR) is 99.3 cm³/mol. The minimum absolute atomic E-state index is 0. The van der Waals surface area contributed by atoms with Crippen molar-refractivity contribution in [1.29, 1.82) is 0 Å². The third-order valence-electron chi connectivity index (χ3n) is 5.15. The third-order valence-corrected chi connectivity index (χ3v) is 5.15. The molecule has 0 aromatic heterocycles. The van der Waals surface area contributed by atoms with Gasteiger partial charge in [-0.1, -0.05) is 12.8 Å². The zero-order chi connectivity index (χ0) is 18.6. The number of carbonyl (C=O) groups excluding carboxylic acids is 1. The molecule has 0 spiro atoms. The summed E-state index contributed by atoms with van der Waals surface area (Å²) in [7, 11) is 0. The Balaban J connectivity index is 0.000000415. The number of hydrogen-bond acceptors (Lipinski definition) is 7. The summed E-state index contributed by atoms with van der Waals surface area (Å²) in [6.45, 7) is 7.20. The number of carboxylic acid groups (broad SMARTS) is 2. The molecule has 148 valence electrons. The van der Waals surface area contributed by atoms with Crippen molar-refractivity contribution in [2.75, 3.05) is 39.3 Å². The molecule has 2 fully saturated rings. The molecule has 0 aliphatic carbocycles. The molecule has 0 amide bonds. The number of rotatable bonds is 0. The molecule has 0 atom stereocenters. The van der Waals surface area contributed by atoms with Crippen LogP contribution < -0.4 is 113 Å². The summed E-state index contributed by atoms with van der Waals surface area (Å²) in [6, 6.07) is 0. The van der Waals surface area contributed by atoms with Gasteiger partial charge in [0.05, 0.1) is 11.7 Å². The van der Waals surface area contributed by atoms with E-state index in [1.165, 1.54) is 102 Å². The first-order valence-corrected chi connectivity index (χ1v) is 10.1. The molecule has 2 saturated heterocycles. The Kier molecular flexibility index (Phi) is 19.1. The molecule has 0 bridgehead atoms. The Morgan fingerprint density at radius 3 is 1.39 bits per heavy atom. The molecule has 0 saturated carbocycles. The number of hydrogen-bond donors (Lipinski definition) is 0. The van der Waals surface area contributed by atoms with Crippen molar-refractivity contribution in [2.45, 2.75) is 64.2 Å². The Morgan fingerprint density at radius 1 is 0.643 bits per heavy atom. The van der Waals surface area contributed by atoms with Crippen molar-refractivity contribution in [2.24, 2.45) is 9.98 Å². The topological polar surface area (TPSA) is 94.4 Å². The molecule has 0 radical (unpaired) electrons. The van der Waals surface area contributed by atoms with Gasteiger partial charge in [-0.05, 0) is 44.7 Å². The molecule has 0 aromatic carbocycles. The van der Waals surface area contributed by atoms with Crippen molar-refractivity contribution in [3.8, 4) is 0 Å². The molecule has 7 nitrogen and oxygen atoms in total. The van der Waals surface area contributed by atoms with Crippen LogP contribution in [0.3, 0.4) is 0 Å². The molecule has 0 N–H and O–H groups in total. The van der Waals surface area contributed by atoms with E-state index >= 15 is 0 Å². The molecular weight excluding hydrogens is 410 g/mol. The second-order valence-corrected chi connectivity index (χ2v) is 7.15. The minimum Gasteiger partial charge on any atom is -0.652 e. The maximum absolute atomic E-state index is 8.33. The standard InChI is InChI=1S/2C9H16N2.CH2O3.2K/c2*1-2-5-9-10-6-4-8-11(9)7-3-1;2-1(3)4;;/h2*1-8H2;(H2,2,3,4);;/q;;;2*+1/p-2. The van der Waals surface area contributed by atoms with E-state index < -0.39 is 6.16 Å². The predicted octanol–water partition coefficient (Wildman–Crippen LogP) is -5.11. The third kappa shape index (κ3) is 12.4. The smallest absolute Gasteiger partial charge is 0.652 e. The van der Waals surface area contributed by atoms with Crippen LogP contribution in [-0.4, -0.2) is 66.9 Å². The molecule has 4 heterocycles. The zero-order valence-electron chi connectivity index (χ0n) is 17.8. The molecular formula is C19H32K2N4O3. The first kappa shape index (κ1) is 29.5. The summed E-state index contributed by atoms with van der Waals surface area (Å²) >= 11 is 0. The van der Waals surface area contributed by atoms with Gasteiger partial charge in [0.2, 0.25) is 0 Å². The molecule has 0 unspecified atom stereocenters. The average molecular weight is 443 g/mol. The van der Waals surface area contributed by atoms with E-state index in [1.807, 2.05) is 0 Å². The van der Waals surface area contributed by atoms with Gasteiger partial charge in [0, 0.05) is 52.1 Å². The summed E-state index contributed by atoms with van der Waals surface area (Å²) < 4.78 is 0. The van der Waals surface area contributed by atoms with Crippen LogP contribution in [0.1, 0.15) is 64.2 Å². The maximum Gasteiger partial charge on any atom is 1.00 e. The molecule has 0 aromatic rings. The van der Waals surface area contributed by atoms with E-state index in [-0.39, 0.29) is 103 Å². The van der Waals surface area contributed by atoms with Gasteiger partial charge in [-0.15, -0.1) is 0 Å². The Morgan fingerprint density at radius 2 is 1.00 bits per heavy atom. The van der Waals surface area contributed by atoms with Gasteiger partial charge in [-0.3, -0.25) is 9.98 Å². The van der Waals surface area contributed by atoms with E-state index in [0.29, 0.717) is 0 Å². The number of amidine groups is 2. The quantitative estimate of drug-likeness (QED) is 0.350. The van der Waals surface area contributed by atoms with Crippen molar-refractivity contribution in [1.82, 2.24) is 9.80 Å². The minimum atomic E-state index is -2.33. The van der Waals surface area contributed by atoms with Gasteiger partial charge in [0.15, 0.2) is 0 Å². The van der Waals surface area contributed by atoms with Gasteiger partial charge >= 0.3 is 103 Å². The number of fused-ring (bicyclic) bond motifs is 2. The van der Waals surface area contributed by atoms with E-state index in [0.717, 1.165) is 13.1 Å². The van der Waals surface area contributed by atoms with Crippen LogP contribution in [0.4, 0.5) is 4.79 Å². The van der Waals surface area contributed by atoms with E-state index in [4.69, 9.17) is 15.0 Å². The van der Waals surface area contributed by atoms with Crippen LogP contribution >= 0.6 is 0 Å². The second kappa shape index (κ2) is 18.1. The van der Waals surface area contributed by atoms with Crippen molar-refractivity contribution < 1.29 is 118 Å². The maximum atomic E-state index is 8.33. The SMILES string of the molecule is C1CCC2=NCCCN2CC1.C1CCC2=NCCCN2CC1.O=C([O-])[O-].[K+].[K+]. The van der Waals surface area contributed by atoms with Gasteiger partial charge in [0.25, 0.3) is 0 Å². The second-order valence-electron chi connectivity index (χ2n) is 7.15. The largest absolute Gasteiger partial charge is 1.00 e. The fourth-order valence-corrected chi connectivity index (χ4v) is 3.88. The fourth-order valence-electron chi connectivity index (χ4n) is 3.88. The first-order chi connectivity index (χ1) is 12.7. The summed E-state index contributed by atoms with van der Waals surface area (Å²) in [6.07, 6.45) is 10.9. The Labute approximate surface area is 254 Å². The molecule has 4 aliphatic rings. The molecule has 4 rings (SSSR count). The van der Waals surface area contributed by atoms with Crippen LogP contribution in [0.5, 0.6) is 0 Å². The van der Waals surface area contributed by atoms with Gasteiger partial charge < -0.3 is 24.8 Å². The normalized spacial score (nSPS) is 20.9. The number of nitrogens with zero attached hydrogens (tertiary/aromatic N) is 4. The molecule has 28 heavy (non-hydrogen) atoms. The van der Waals surface area contributed by atoms with Crippen molar-refractivity contribution >= 4 is 17.8 Å². The van der Waals surface area contributed by atoms with Gasteiger partial charge in [-0.2, -0.15) is 0 Å².